The van der Waals surface area contributed by atoms with Gasteiger partial charge in [-0.15, -0.1) is 0 Å². The van der Waals surface area contributed by atoms with Gasteiger partial charge in [0, 0.05) is 58.1 Å². The highest BCUT2D eigenvalue weighted by atomic mass is 35.7. The second kappa shape index (κ2) is 10.9. The summed E-state index contributed by atoms with van der Waals surface area (Å²) in [6, 6.07) is 7.25. The molecule has 20 heteroatoms. The summed E-state index contributed by atoms with van der Waals surface area (Å²) >= 11 is 0. The van der Waals surface area contributed by atoms with E-state index in [1.807, 2.05) is 0 Å². The van der Waals surface area contributed by atoms with Gasteiger partial charge in [0.25, 0.3) is 20.4 Å². The van der Waals surface area contributed by atoms with Crippen molar-refractivity contribution in [2.75, 3.05) is 0 Å². The van der Waals surface area contributed by atoms with Crippen molar-refractivity contribution in [3.8, 4) is 0 Å². The quantitative estimate of drug-likeness (QED) is 0.141. The summed E-state index contributed by atoms with van der Waals surface area (Å²) in [5.41, 5.74) is 10.2. The van der Waals surface area contributed by atoms with Crippen LogP contribution in [-0.4, -0.2) is 47.6 Å². The molecule has 0 aliphatic rings. The van der Waals surface area contributed by atoms with Gasteiger partial charge in [-0.1, -0.05) is 0 Å². The zero-order chi connectivity index (χ0) is 30.2. The Balaban J connectivity index is 0.000000220. The number of nitro benzene ring substituents is 2. The Morgan fingerprint density at radius 2 is 1.15 bits per heavy atom. The van der Waals surface area contributed by atoms with Crippen molar-refractivity contribution in [2.45, 2.75) is 22.9 Å². The third-order valence-corrected chi connectivity index (χ3v) is 7.59. The lowest BCUT2D eigenvalue weighted by atomic mass is 10.2. The Morgan fingerprint density at radius 3 is 1.48 bits per heavy atom. The summed E-state index contributed by atoms with van der Waals surface area (Å²) in [6.45, 7) is -0.523. The van der Waals surface area contributed by atoms with Gasteiger partial charge < -0.3 is 20.6 Å². The molecule has 2 aromatic carbocycles. The smallest absolute Gasteiger partial charge is 0.270 e. The first-order valence-electron chi connectivity index (χ1n) is 10.5. The van der Waals surface area contributed by atoms with E-state index in [4.69, 9.17) is 27.3 Å². The number of aromatic nitrogens is 2. The number of amides is 2. The average molecular weight is 616 g/mol. The molecular weight excluding hydrogens is 598 g/mol. The molecule has 212 valence electrons. The predicted molar refractivity (Wildman–Crippen MR) is 140 cm³/mol. The van der Waals surface area contributed by atoms with Crippen LogP contribution in [0.5, 0.6) is 0 Å². The van der Waals surface area contributed by atoms with E-state index in [1.165, 1.54) is 33.4 Å². The lowest BCUT2D eigenvalue weighted by Crippen LogP contribution is -2.18. The highest BCUT2D eigenvalue weighted by Gasteiger charge is 2.22. The van der Waals surface area contributed by atoms with E-state index in [0.29, 0.717) is 11.0 Å². The van der Waals surface area contributed by atoms with Crippen LogP contribution < -0.4 is 16.6 Å². The van der Waals surface area contributed by atoms with Gasteiger partial charge in [0.05, 0.1) is 20.9 Å². The van der Waals surface area contributed by atoms with Crippen LogP contribution in [0.4, 0.5) is 11.4 Å². The van der Waals surface area contributed by atoms with Gasteiger partial charge in [-0.05, 0) is 12.1 Å². The number of nitrogens with zero attached hydrogens (tertiary/aromatic N) is 4. The second-order valence-electron chi connectivity index (χ2n) is 8.08. The summed E-state index contributed by atoms with van der Waals surface area (Å²) in [5.74, 6) is -1.36. The number of carbonyl (C=O) groups excluding carboxylic acids is 2. The maximum absolute atomic E-state index is 11.5. The van der Waals surface area contributed by atoms with Gasteiger partial charge in [-0.2, -0.15) is 0 Å². The number of fused-ring (bicyclic) bond motifs is 2. The van der Waals surface area contributed by atoms with Gasteiger partial charge in [0.2, 0.25) is 21.8 Å². The number of hydrogen-bond donors (Lipinski definition) is 3. The number of halogens is 1. The van der Waals surface area contributed by atoms with Crippen molar-refractivity contribution in [3.05, 3.63) is 69.0 Å². The molecule has 6 N–H and O–H groups in total. The first kappa shape index (κ1) is 30.0. The molecule has 0 saturated heterocycles. The molecule has 0 saturated carbocycles. The van der Waals surface area contributed by atoms with Gasteiger partial charge in [-0.25, -0.2) is 22.0 Å². The minimum atomic E-state index is -4.11. The fraction of sp³-hybridized carbons (Fsp3) is 0.100. The topological polar surface area (TPSA) is 277 Å². The van der Waals surface area contributed by atoms with Crippen molar-refractivity contribution in [1.82, 2.24) is 9.13 Å². The summed E-state index contributed by atoms with van der Waals surface area (Å²) in [7, 11) is -2.90. The van der Waals surface area contributed by atoms with Crippen LogP contribution in [0.25, 0.3) is 21.8 Å². The first-order valence-corrected chi connectivity index (χ1v) is 14.3. The fourth-order valence-electron chi connectivity index (χ4n) is 3.75. The normalized spacial score (nSPS) is 11.7. The largest absolute Gasteiger partial charge is 0.368 e. The number of hydrogen-bond acceptors (Lipinski definition) is 10. The third-order valence-electron chi connectivity index (χ3n) is 5.30. The molecule has 0 spiro atoms. The Morgan fingerprint density at radius 1 is 0.775 bits per heavy atom. The highest BCUT2D eigenvalue weighted by Crippen LogP contribution is 2.31. The standard InChI is InChI=1S/C10H8ClN3O5S.C10H10N4O5S/c11-20(18,19)9-4-13(5-10(12)15)8-2-1-6(14(16)17)3-7(8)9;11-10(15)5-13-4-9(20(12,18)19)7-3-6(14(16)17)1-2-8(7)13/h1-4H,5H2,(H2,12,15);1-4H,5H2,(H2,11,15)(H2,12,18,19). The number of primary sulfonamides is 1. The van der Waals surface area contributed by atoms with E-state index in [0.717, 1.165) is 24.5 Å². The molecular formula is C20H18ClN7O10S2. The lowest BCUT2D eigenvalue weighted by Gasteiger charge is -2.00. The van der Waals surface area contributed by atoms with E-state index in [2.05, 4.69) is 0 Å². The number of primary amides is 2. The van der Waals surface area contributed by atoms with E-state index < -0.39 is 40.7 Å². The number of sulfonamides is 1. The molecule has 2 aromatic heterocycles. The molecule has 0 bridgehead atoms. The minimum absolute atomic E-state index is 0.0652. The second-order valence-corrected chi connectivity index (χ2v) is 12.1. The number of rotatable bonds is 8. The Hall–Kier alpha value is -4.59. The number of nitro groups is 2. The Bertz CT molecular complexity index is 1790. The van der Waals surface area contributed by atoms with Crippen molar-refractivity contribution in [2.24, 2.45) is 16.6 Å². The number of carbonyl (C=O) groups is 2. The average Bonchev–Trinajstić information content (AvgIpc) is 3.36. The first-order chi connectivity index (χ1) is 18.4. The van der Waals surface area contributed by atoms with Crippen LogP contribution in [0.1, 0.15) is 0 Å². The summed E-state index contributed by atoms with van der Waals surface area (Å²) < 4.78 is 48.6. The molecule has 0 fully saturated rings. The van der Waals surface area contributed by atoms with Crippen molar-refractivity contribution in [1.29, 1.82) is 0 Å². The fourth-order valence-corrected chi connectivity index (χ4v) is 5.54. The van der Waals surface area contributed by atoms with Crippen LogP contribution in [0.2, 0.25) is 0 Å². The van der Waals surface area contributed by atoms with Crippen LogP contribution in [0.15, 0.2) is 58.6 Å². The maximum Gasteiger partial charge on any atom is 0.270 e. The monoisotopic (exact) mass is 615 g/mol. The molecule has 40 heavy (non-hydrogen) atoms. The van der Waals surface area contributed by atoms with Crippen LogP contribution in [-0.2, 0) is 41.8 Å². The van der Waals surface area contributed by atoms with E-state index in [-0.39, 0.29) is 45.0 Å². The zero-order valence-corrected chi connectivity index (χ0v) is 22.2. The van der Waals surface area contributed by atoms with Gasteiger partial charge in [0.1, 0.15) is 22.9 Å². The van der Waals surface area contributed by atoms with Crippen LogP contribution >= 0.6 is 10.7 Å². The molecule has 2 amide bonds. The predicted octanol–water partition coefficient (Wildman–Crippen LogP) is 0.645. The van der Waals surface area contributed by atoms with Gasteiger partial charge in [-0.3, -0.25) is 29.8 Å². The summed E-state index contributed by atoms with van der Waals surface area (Å²) in [4.78, 5) is 41.5. The number of nitrogens with two attached hydrogens (primary N) is 3. The van der Waals surface area contributed by atoms with Gasteiger partial charge >= 0.3 is 0 Å². The molecule has 0 aliphatic carbocycles. The van der Waals surface area contributed by atoms with Crippen molar-refractivity contribution in [3.63, 3.8) is 0 Å². The highest BCUT2D eigenvalue weighted by molar-refractivity contribution is 8.14. The molecule has 4 rings (SSSR count). The third kappa shape index (κ3) is 6.51. The number of non-ortho nitro benzene ring substituents is 2. The van der Waals surface area contributed by atoms with Crippen molar-refractivity contribution < 1.29 is 36.3 Å². The molecule has 0 unspecified atom stereocenters. The Kier molecular flexibility index (Phi) is 8.15. The van der Waals surface area contributed by atoms with Crippen LogP contribution in [0.3, 0.4) is 0 Å². The van der Waals surface area contributed by atoms with E-state index in [9.17, 15) is 46.7 Å². The molecule has 4 aromatic rings. The van der Waals surface area contributed by atoms with Gasteiger partial charge in [0.15, 0.2) is 0 Å². The molecule has 2 heterocycles. The SMILES string of the molecule is NC(=O)Cn1cc(S(=O)(=O)Cl)c2cc([N+](=O)[O-])ccc21.NC(=O)Cn1cc(S(N)(=O)=O)c2cc([N+](=O)[O-])ccc21. The molecule has 0 atom stereocenters. The Labute approximate surface area is 228 Å². The summed E-state index contributed by atoms with van der Waals surface area (Å²) in [6.07, 6.45) is 2.26. The summed E-state index contributed by atoms with van der Waals surface area (Å²) in [5, 5.41) is 26.7. The minimum Gasteiger partial charge on any atom is -0.368 e. The molecule has 0 radical (unpaired) electrons. The van der Waals surface area contributed by atoms with Crippen LogP contribution in [0, 0.1) is 20.2 Å². The zero-order valence-electron chi connectivity index (χ0n) is 19.8. The van der Waals surface area contributed by atoms with E-state index >= 15 is 0 Å². The maximum atomic E-state index is 11.5. The van der Waals surface area contributed by atoms with Crippen molar-refractivity contribution >= 4 is 74.8 Å². The molecule has 17 nitrogen and oxygen atoms in total. The number of benzene rings is 2. The lowest BCUT2D eigenvalue weighted by molar-refractivity contribution is -0.384. The van der Waals surface area contributed by atoms with E-state index in [1.54, 1.807) is 0 Å². The molecule has 0 aliphatic heterocycles.